The van der Waals surface area contributed by atoms with E-state index in [-0.39, 0.29) is 11.4 Å². The Morgan fingerprint density at radius 2 is 1.86 bits per heavy atom. The lowest BCUT2D eigenvalue weighted by Gasteiger charge is -2.20. The monoisotopic (exact) mass is 283 g/mol. The van der Waals surface area contributed by atoms with Gasteiger partial charge in [-0.15, -0.1) is 0 Å². The van der Waals surface area contributed by atoms with Crippen LogP contribution in [-0.4, -0.2) is 16.4 Å². The Morgan fingerprint density at radius 3 is 2.52 bits per heavy atom. The zero-order valence-electron chi connectivity index (χ0n) is 12.9. The van der Waals surface area contributed by atoms with Gasteiger partial charge in [-0.3, -0.25) is 9.78 Å². The van der Waals surface area contributed by atoms with E-state index >= 15 is 0 Å². The molecule has 0 saturated carbocycles. The zero-order valence-corrected chi connectivity index (χ0v) is 12.9. The van der Waals surface area contributed by atoms with Crippen LogP contribution in [0, 0.1) is 6.92 Å². The third-order valence-electron chi connectivity index (χ3n) is 2.80. The summed E-state index contributed by atoms with van der Waals surface area (Å²) in [7, 11) is 0. The number of amides is 1. The van der Waals surface area contributed by atoms with E-state index in [1.165, 1.54) is 5.56 Å². The third kappa shape index (κ3) is 4.60. The van der Waals surface area contributed by atoms with E-state index < -0.39 is 0 Å². The molecular formula is C17H21N3O. The molecular weight excluding hydrogens is 262 g/mol. The quantitative estimate of drug-likeness (QED) is 0.903. The molecule has 0 aliphatic carbocycles. The van der Waals surface area contributed by atoms with Gasteiger partial charge in [0.05, 0.1) is 17.4 Å². The highest BCUT2D eigenvalue weighted by molar-refractivity contribution is 5.95. The van der Waals surface area contributed by atoms with Crippen LogP contribution in [0.5, 0.6) is 0 Å². The van der Waals surface area contributed by atoms with E-state index in [0.29, 0.717) is 5.56 Å². The van der Waals surface area contributed by atoms with Gasteiger partial charge in [0.1, 0.15) is 0 Å². The fourth-order valence-electron chi connectivity index (χ4n) is 1.93. The first-order valence-electron chi connectivity index (χ1n) is 6.95. The molecule has 0 bridgehead atoms. The summed E-state index contributed by atoms with van der Waals surface area (Å²) < 4.78 is 0. The molecule has 1 amide bonds. The first-order chi connectivity index (χ1) is 9.83. The van der Waals surface area contributed by atoms with Crippen molar-refractivity contribution in [3.8, 4) is 0 Å². The van der Waals surface area contributed by atoms with Crippen LogP contribution in [0.3, 0.4) is 0 Å². The van der Waals surface area contributed by atoms with Crippen molar-refractivity contribution in [2.75, 3.05) is 5.32 Å². The second kappa shape index (κ2) is 5.95. The number of anilines is 2. The van der Waals surface area contributed by atoms with E-state index in [2.05, 4.69) is 15.6 Å². The van der Waals surface area contributed by atoms with Crippen LogP contribution in [0.25, 0.3) is 0 Å². The first-order valence-corrected chi connectivity index (χ1v) is 6.95. The normalized spacial score (nSPS) is 11.0. The molecule has 110 valence electrons. The Hall–Kier alpha value is -2.36. The predicted molar refractivity (Wildman–Crippen MR) is 85.9 cm³/mol. The first kappa shape index (κ1) is 15.0. The summed E-state index contributed by atoms with van der Waals surface area (Å²) >= 11 is 0. The maximum absolute atomic E-state index is 12.1. The van der Waals surface area contributed by atoms with Crippen molar-refractivity contribution in [3.63, 3.8) is 0 Å². The molecule has 0 saturated heterocycles. The molecule has 1 aromatic heterocycles. The minimum Gasteiger partial charge on any atom is -0.354 e. The molecule has 4 nitrogen and oxygen atoms in total. The van der Waals surface area contributed by atoms with Crippen LogP contribution in [-0.2, 0) is 0 Å². The van der Waals surface area contributed by atoms with Crippen molar-refractivity contribution in [2.45, 2.75) is 33.2 Å². The molecule has 1 heterocycles. The number of nitrogens with zero attached hydrogens (tertiary/aromatic N) is 1. The van der Waals surface area contributed by atoms with Crippen molar-refractivity contribution >= 4 is 17.3 Å². The van der Waals surface area contributed by atoms with Crippen LogP contribution >= 0.6 is 0 Å². The average Bonchev–Trinajstić information content (AvgIpc) is 2.37. The summed E-state index contributed by atoms with van der Waals surface area (Å²) in [5.74, 6) is -0.122. The molecule has 2 aromatic rings. The summed E-state index contributed by atoms with van der Waals surface area (Å²) in [5, 5.41) is 6.19. The van der Waals surface area contributed by atoms with Crippen molar-refractivity contribution in [3.05, 3.63) is 53.9 Å². The van der Waals surface area contributed by atoms with Gasteiger partial charge in [0.25, 0.3) is 5.91 Å². The number of aryl methyl sites for hydroxylation is 1. The molecule has 0 unspecified atom stereocenters. The number of aromatic nitrogens is 1. The van der Waals surface area contributed by atoms with Crippen LogP contribution in [0.15, 0.2) is 42.7 Å². The number of carbonyl (C=O) groups is 1. The summed E-state index contributed by atoms with van der Waals surface area (Å²) in [5.41, 5.74) is 3.22. The largest absolute Gasteiger partial charge is 0.354 e. The van der Waals surface area contributed by atoms with Crippen LogP contribution in [0.2, 0.25) is 0 Å². The van der Waals surface area contributed by atoms with E-state index in [1.54, 1.807) is 18.5 Å². The second-order valence-corrected chi connectivity index (χ2v) is 6.16. The highest BCUT2D eigenvalue weighted by Crippen LogP contribution is 2.18. The molecule has 2 rings (SSSR count). The predicted octanol–water partition coefficient (Wildman–Crippen LogP) is 3.66. The van der Waals surface area contributed by atoms with Gasteiger partial charge in [-0.25, -0.2) is 0 Å². The summed E-state index contributed by atoms with van der Waals surface area (Å²) in [6.07, 6.45) is 3.28. The average molecular weight is 283 g/mol. The lowest BCUT2D eigenvalue weighted by atomic mass is 10.1. The van der Waals surface area contributed by atoms with Crippen molar-refractivity contribution in [1.29, 1.82) is 0 Å². The molecule has 0 fully saturated rings. The molecule has 1 aromatic carbocycles. The van der Waals surface area contributed by atoms with Gasteiger partial charge in [0, 0.05) is 17.4 Å². The topological polar surface area (TPSA) is 54.0 Å². The van der Waals surface area contributed by atoms with Crippen molar-refractivity contribution in [2.24, 2.45) is 0 Å². The Morgan fingerprint density at radius 1 is 1.10 bits per heavy atom. The molecule has 0 aliphatic rings. The van der Waals surface area contributed by atoms with Crippen LogP contribution in [0.1, 0.15) is 36.7 Å². The number of pyridine rings is 1. The van der Waals surface area contributed by atoms with Gasteiger partial charge in [0.2, 0.25) is 0 Å². The Kier molecular flexibility index (Phi) is 4.26. The molecule has 0 aliphatic heterocycles. The van der Waals surface area contributed by atoms with Gasteiger partial charge < -0.3 is 10.6 Å². The van der Waals surface area contributed by atoms with Gasteiger partial charge in [0.15, 0.2) is 0 Å². The summed E-state index contributed by atoms with van der Waals surface area (Å²) in [4.78, 5) is 16.3. The van der Waals surface area contributed by atoms with Crippen molar-refractivity contribution in [1.82, 2.24) is 10.3 Å². The Bertz CT molecular complexity index is 644. The Labute approximate surface area is 125 Å². The number of benzene rings is 1. The highest BCUT2D eigenvalue weighted by atomic mass is 16.1. The lowest BCUT2D eigenvalue weighted by molar-refractivity contribution is 0.0919. The van der Waals surface area contributed by atoms with Gasteiger partial charge in [-0.05, 0) is 51.5 Å². The van der Waals surface area contributed by atoms with E-state index in [1.807, 2.05) is 52.0 Å². The van der Waals surface area contributed by atoms with Gasteiger partial charge >= 0.3 is 0 Å². The fraction of sp³-hybridized carbons (Fsp3) is 0.294. The SMILES string of the molecule is Cc1cccc(Nc2cncc(C(=O)NC(C)(C)C)c2)c1. The van der Waals surface area contributed by atoms with Crippen LogP contribution in [0.4, 0.5) is 11.4 Å². The minimum absolute atomic E-state index is 0.122. The van der Waals surface area contributed by atoms with E-state index in [4.69, 9.17) is 0 Å². The summed E-state index contributed by atoms with van der Waals surface area (Å²) in [6.45, 7) is 7.89. The molecule has 4 heteroatoms. The van der Waals surface area contributed by atoms with Crippen LogP contribution < -0.4 is 10.6 Å². The standard InChI is InChI=1S/C17H21N3O/c1-12-6-5-7-14(8-12)19-15-9-13(10-18-11-15)16(21)20-17(2,3)4/h5-11,19H,1-4H3,(H,20,21). The highest BCUT2D eigenvalue weighted by Gasteiger charge is 2.15. The number of nitrogens with one attached hydrogen (secondary N) is 2. The lowest BCUT2D eigenvalue weighted by Crippen LogP contribution is -2.40. The second-order valence-electron chi connectivity index (χ2n) is 6.16. The number of carbonyl (C=O) groups excluding carboxylic acids is 1. The smallest absolute Gasteiger partial charge is 0.253 e. The maximum atomic E-state index is 12.1. The van der Waals surface area contributed by atoms with Crippen molar-refractivity contribution < 1.29 is 4.79 Å². The summed E-state index contributed by atoms with van der Waals surface area (Å²) in [6, 6.07) is 9.85. The molecule has 2 N–H and O–H groups in total. The number of hydrogen-bond donors (Lipinski definition) is 2. The van der Waals surface area contributed by atoms with Gasteiger partial charge in [-0.2, -0.15) is 0 Å². The zero-order chi connectivity index (χ0) is 15.5. The number of rotatable bonds is 3. The molecule has 0 spiro atoms. The van der Waals surface area contributed by atoms with E-state index in [9.17, 15) is 4.79 Å². The molecule has 0 atom stereocenters. The minimum atomic E-state index is -0.267. The number of hydrogen-bond acceptors (Lipinski definition) is 3. The Balaban J connectivity index is 2.16. The van der Waals surface area contributed by atoms with E-state index in [0.717, 1.165) is 11.4 Å². The third-order valence-corrected chi connectivity index (χ3v) is 2.80. The maximum Gasteiger partial charge on any atom is 0.253 e. The molecule has 21 heavy (non-hydrogen) atoms. The fourth-order valence-corrected chi connectivity index (χ4v) is 1.93. The van der Waals surface area contributed by atoms with Gasteiger partial charge in [-0.1, -0.05) is 12.1 Å². The molecule has 0 radical (unpaired) electrons.